The van der Waals surface area contributed by atoms with Gasteiger partial charge in [-0.05, 0) is 93.7 Å². The summed E-state index contributed by atoms with van der Waals surface area (Å²) < 4.78 is 9.01. The minimum atomic E-state index is 0.878. The number of fused-ring (bicyclic) bond motifs is 8. The van der Waals surface area contributed by atoms with Crippen LogP contribution in [-0.2, 0) is 0 Å². The van der Waals surface area contributed by atoms with E-state index in [-0.39, 0.29) is 0 Å². The van der Waals surface area contributed by atoms with Crippen molar-refractivity contribution < 1.29 is 4.42 Å². The van der Waals surface area contributed by atoms with Crippen molar-refractivity contribution in [1.82, 2.24) is 0 Å². The van der Waals surface area contributed by atoms with Gasteiger partial charge >= 0.3 is 0 Å². The molecule has 49 heavy (non-hydrogen) atoms. The Kier molecular flexibility index (Phi) is 6.39. The summed E-state index contributed by atoms with van der Waals surface area (Å²) in [6, 6.07) is 63.2. The van der Waals surface area contributed by atoms with Gasteiger partial charge in [-0.2, -0.15) is 0 Å². The van der Waals surface area contributed by atoms with E-state index in [0.717, 1.165) is 39.0 Å². The maximum atomic E-state index is 6.34. The number of benzene rings is 8. The number of rotatable bonds is 5. The van der Waals surface area contributed by atoms with Gasteiger partial charge in [0.2, 0.25) is 0 Å². The Balaban J connectivity index is 1.08. The molecule has 0 saturated heterocycles. The van der Waals surface area contributed by atoms with Crippen LogP contribution >= 0.6 is 11.3 Å². The Bertz CT molecular complexity index is 2830. The van der Waals surface area contributed by atoms with Crippen molar-refractivity contribution in [2.75, 3.05) is 4.90 Å². The summed E-state index contributed by atoms with van der Waals surface area (Å²) in [6.45, 7) is 0. The zero-order valence-corrected chi connectivity index (χ0v) is 27.3. The molecule has 0 aliphatic heterocycles. The Morgan fingerprint density at radius 3 is 1.92 bits per heavy atom. The van der Waals surface area contributed by atoms with Gasteiger partial charge in [-0.3, -0.25) is 0 Å². The highest BCUT2D eigenvalue weighted by atomic mass is 32.1. The first-order valence-corrected chi connectivity index (χ1v) is 17.4. The van der Waals surface area contributed by atoms with E-state index >= 15 is 0 Å². The average Bonchev–Trinajstić information content (AvgIpc) is 3.74. The van der Waals surface area contributed by atoms with Crippen LogP contribution in [0.3, 0.4) is 0 Å². The second-order valence-corrected chi connectivity index (χ2v) is 13.6. The van der Waals surface area contributed by atoms with Gasteiger partial charge < -0.3 is 9.32 Å². The van der Waals surface area contributed by atoms with E-state index in [0.29, 0.717) is 0 Å². The summed E-state index contributed by atoms with van der Waals surface area (Å²) >= 11 is 1.87. The molecule has 0 radical (unpaired) electrons. The molecule has 0 spiro atoms. The van der Waals surface area contributed by atoms with E-state index in [1.807, 2.05) is 23.5 Å². The van der Waals surface area contributed by atoms with Crippen molar-refractivity contribution in [3.05, 3.63) is 176 Å². The SMILES string of the molecule is c1ccc(-c2cccc(N(c3ccc(-c4ccc5c(ccc6sc7ccccc7c65)c4)cc3)c3ccc4c(c3)oc3ccccc34)c2)cc1. The Morgan fingerprint density at radius 2 is 1.02 bits per heavy atom. The molecule has 0 amide bonds. The van der Waals surface area contributed by atoms with Crippen molar-refractivity contribution >= 4 is 81.3 Å². The van der Waals surface area contributed by atoms with Crippen molar-refractivity contribution in [3.63, 3.8) is 0 Å². The van der Waals surface area contributed by atoms with Gasteiger partial charge in [-0.1, -0.05) is 109 Å². The molecule has 2 nitrogen and oxygen atoms in total. The number of nitrogens with zero attached hydrogens (tertiary/aromatic N) is 1. The molecule has 0 bridgehead atoms. The third-order valence-corrected chi connectivity index (χ3v) is 10.8. The molecule has 0 saturated carbocycles. The van der Waals surface area contributed by atoms with Crippen molar-refractivity contribution in [2.45, 2.75) is 0 Å². The molecule has 0 N–H and O–H groups in total. The van der Waals surface area contributed by atoms with Gasteiger partial charge in [0.05, 0.1) is 0 Å². The van der Waals surface area contributed by atoms with Gasteiger partial charge in [-0.15, -0.1) is 11.3 Å². The smallest absolute Gasteiger partial charge is 0.137 e. The number of anilines is 3. The molecule has 0 unspecified atom stereocenters. The highest BCUT2D eigenvalue weighted by Gasteiger charge is 2.17. The quantitative estimate of drug-likeness (QED) is 0.186. The fourth-order valence-electron chi connectivity index (χ4n) is 7.29. The van der Waals surface area contributed by atoms with E-state index in [2.05, 4.69) is 169 Å². The lowest BCUT2D eigenvalue weighted by molar-refractivity contribution is 0.669. The average molecular weight is 644 g/mol. The Labute approximate surface area is 287 Å². The molecule has 0 fully saturated rings. The van der Waals surface area contributed by atoms with Gasteiger partial charge in [0.15, 0.2) is 0 Å². The van der Waals surface area contributed by atoms with Crippen LogP contribution in [0.4, 0.5) is 17.1 Å². The topological polar surface area (TPSA) is 16.4 Å². The number of para-hydroxylation sites is 1. The van der Waals surface area contributed by atoms with E-state index < -0.39 is 0 Å². The second kappa shape index (κ2) is 11.2. The number of hydrogen-bond donors (Lipinski definition) is 0. The molecule has 2 heterocycles. The summed E-state index contributed by atoms with van der Waals surface area (Å²) in [5.74, 6) is 0. The second-order valence-electron chi connectivity index (χ2n) is 12.6. The first-order valence-electron chi connectivity index (χ1n) is 16.6. The molecule has 0 aliphatic carbocycles. The zero-order valence-electron chi connectivity index (χ0n) is 26.5. The Morgan fingerprint density at radius 1 is 0.367 bits per heavy atom. The van der Waals surface area contributed by atoms with Crippen molar-refractivity contribution in [2.24, 2.45) is 0 Å². The lowest BCUT2D eigenvalue weighted by Gasteiger charge is -2.26. The van der Waals surface area contributed by atoms with Crippen LogP contribution in [-0.4, -0.2) is 0 Å². The summed E-state index contributed by atoms with van der Waals surface area (Å²) in [4.78, 5) is 2.32. The zero-order chi connectivity index (χ0) is 32.3. The van der Waals surface area contributed by atoms with Crippen molar-refractivity contribution in [3.8, 4) is 22.3 Å². The van der Waals surface area contributed by atoms with Gasteiger partial charge in [-0.25, -0.2) is 0 Å². The third-order valence-electron chi connectivity index (χ3n) is 9.65. The van der Waals surface area contributed by atoms with Gasteiger partial charge in [0.1, 0.15) is 11.2 Å². The minimum Gasteiger partial charge on any atom is -0.456 e. The van der Waals surface area contributed by atoms with Crippen LogP contribution in [0.25, 0.3) is 75.1 Å². The summed E-state index contributed by atoms with van der Waals surface area (Å²) in [6.07, 6.45) is 0. The lowest BCUT2D eigenvalue weighted by Crippen LogP contribution is -2.10. The van der Waals surface area contributed by atoms with Crippen LogP contribution in [0.2, 0.25) is 0 Å². The number of furan rings is 1. The molecule has 2 aromatic heterocycles. The van der Waals surface area contributed by atoms with Crippen LogP contribution in [0.5, 0.6) is 0 Å². The molecular formula is C46H29NOS. The number of hydrogen-bond acceptors (Lipinski definition) is 3. The highest BCUT2D eigenvalue weighted by molar-refractivity contribution is 7.26. The molecule has 10 aromatic rings. The predicted molar refractivity (Wildman–Crippen MR) is 210 cm³/mol. The predicted octanol–water partition coefficient (Wildman–Crippen LogP) is 13.9. The van der Waals surface area contributed by atoms with E-state index in [4.69, 9.17) is 4.42 Å². The molecule has 8 aromatic carbocycles. The molecule has 230 valence electrons. The van der Waals surface area contributed by atoms with Crippen LogP contribution in [0, 0.1) is 0 Å². The van der Waals surface area contributed by atoms with Gasteiger partial charge in [0.25, 0.3) is 0 Å². The van der Waals surface area contributed by atoms with E-state index in [1.165, 1.54) is 53.2 Å². The highest BCUT2D eigenvalue weighted by Crippen LogP contribution is 2.42. The van der Waals surface area contributed by atoms with Crippen molar-refractivity contribution in [1.29, 1.82) is 0 Å². The number of thiophene rings is 1. The van der Waals surface area contributed by atoms with E-state index in [1.54, 1.807) is 0 Å². The molecule has 10 rings (SSSR count). The maximum Gasteiger partial charge on any atom is 0.137 e. The first-order chi connectivity index (χ1) is 24.3. The standard InChI is InChI=1S/C46H29NOS/c1-2-9-30(10-3-1)32-11-8-12-36(28-32)47(37-23-25-40-39-13-4-6-15-42(39)48-43(40)29-37)35-21-17-31(18-22-35)33-19-24-38-34(27-33)20-26-45-46(38)41-14-5-7-16-44(41)49-45/h1-29H. The summed E-state index contributed by atoms with van der Waals surface area (Å²) in [5, 5.41) is 7.51. The Hall–Kier alpha value is -6.16. The first kappa shape index (κ1) is 27.9. The molecule has 3 heteroatoms. The minimum absolute atomic E-state index is 0.878. The molecule has 0 atom stereocenters. The third kappa shape index (κ3) is 4.70. The summed E-state index contributed by atoms with van der Waals surface area (Å²) in [5.41, 5.74) is 9.75. The lowest BCUT2D eigenvalue weighted by atomic mass is 9.98. The fraction of sp³-hybridized carbons (Fsp3) is 0. The maximum absolute atomic E-state index is 6.34. The van der Waals surface area contributed by atoms with E-state index in [9.17, 15) is 0 Å². The summed E-state index contributed by atoms with van der Waals surface area (Å²) in [7, 11) is 0. The molecule has 0 aliphatic rings. The monoisotopic (exact) mass is 643 g/mol. The normalized spacial score (nSPS) is 11.7. The van der Waals surface area contributed by atoms with Crippen LogP contribution in [0.1, 0.15) is 0 Å². The largest absolute Gasteiger partial charge is 0.456 e. The van der Waals surface area contributed by atoms with Gasteiger partial charge in [0, 0.05) is 54.1 Å². The van der Waals surface area contributed by atoms with Crippen LogP contribution in [0.15, 0.2) is 180 Å². The molecular weight excluding hydrogens is 615 g/mol. The fourth-order valence-corrected chi connectivity index (χ4v) is 8.41. The van der Waals surface area contributed by atoms with Crippen LogP contribution < -0.4 is 4.90 Å².